The van der Waals surface area contributed by atoms with Crippen LogP contribution in [0.4, 0.5) is 0 Å². The topological polar surface area (TPSA) is 65.3 Å². The lowest BCUT2D eigenvalue weighted by Gasteiger charge is -2.37. The maximum Gasteiger partial charge on any atom is 0.123 e. The summed E-state index contributed by atoms with van der Waals surface area (Å²) >= 11 is 0. The fraction of sp³-hybridized carbons (Fsp3) is 0.757. The molecule has 0 amide bonds. The average molecular weight is 1100 g/mol. The maximum absolute atomic E-state index is 6.42. The molecule has 3 saturated heterocycles. The van der Waals surface area contributed by atoms with Crippen LogP contribution in [0, 0.1) is 77.4 Å². The summed E-state index contributed by atoms with van der Waals surface area (Å²) in [6.45, 7) is 44.6. The first-order valence-corrected chi connectivity index (χ1v) is 32.1. The molecule has 3 aromatic carbocycles. The normalized spacial score (nSPS) is 30.8. The molecule has 0 spiro atoms. The quantitative estimate of drug-likeness (QED) is 0.126. The van der Waals surface area contributed by atoms with E-state index in [0.29, 0.717) is 66.2 Å². The van der Waals surface area contributed by atoms with Gasteiger partial charge in [-0.25, -0.2) is 0 Å². The molecule has 3 aliphatic heterocycles. The summed E-state index contributed by atoms with van der Waals surface area (Å²) in [6, 6.07) is 18.6. The van der Waals surface area contributed by atoms with Crippen molar-refractivity contribution in [2.24, 2.45) is 63.6 Å². The van der Waals surface area contributed by atoms with Crippen LogP contribution >= 0.6 is 0 Å². The van der Waals surface area contributed by atoms with Gasteiger partial charge in [0.2, 0.25) is 0 Å². The van der Waals surface area contributed by atoms with E-state index in [2.05, 4.69) is 166 Å². The van der Waals surface area contributed by atoms with Crippen molar-refractivity contribution in [1.29, 1.82) is 0 Å². The Labute approximate surface area is 489 Å². The van der Waals surface area contributed by atoms with E-state index in [1.54, 1.807) is 0 Å². The second-order valence-electron chi connectivity index (χ2n) is 33.1. The Hall–Kier alpha value is -3.06. The molecule has 13 unspecified atom stereocenters. The monoisotopic (exact) mass is 1100 g/mol. The summed E-state index contributed by atoms with van der Waals surface area (Å²) in [5.41, 5.74) is 11.7. The van der Waals surface area contributed by atoms with Crippen LogP contribution in [0.1, 0.15) is 246 Å². The van der Waals surface area contributed by atoms with E-state index in [1.807, 2.05) is 0 Å². The predicted octanol–water partition coefficient (Wildman–Crippen LogP) is 18.9. The summed E-state index contributed by atoms with van der Waals surface area (Å²) in [6.07, 6.45) is 19.1. The molecule has 6 nitrogen and oxygen atoms in total. The molecule has 0 N–H and O–H groups in total. The van der Waals surface area contributed by atoms with Gasteiger partial charge < -0.3 is 28.4 Å². The zero-order chi connectivity index (χ0) is 56.6. The van der Waals surface area contributed by atoms with E-state index in [9.17, 15) is 0 Å². The summed E-state index contributed by atoms with van der Waals surface area (Å²) < 4.78 is 34.5. The van der Waals surface area contributed by atoms with Gasteiger partial charge in [0.1, 0.15) is 55.4 Å². The van der Waals surface area contributed by atoms with Crippen LogP contribution in [-0.4, -0.2) is 58.0 Å². The highest BCUT2D eigenvalue weighted by Crippen LogP contribution is 2.66. The lowest BCUT2D eigenvalue weighted by atomic mass is 9.68. The fourth-order valence-corrected chi connectivity index (χ4v) is 18.9. The van der Waals surface area contributed by atoms with E-state index in [-0.39, 0.29) is 23.7 Å². The molecule has 6 aliphatic carbocycles. The van der Waals surface area contributed by atoms with Crippen LogP contribution in [0.5, 0.6) is 17.2 Å². The second kappa shape index (κ2) is 23.4. The minimum Gasteiger partial charge on any atom is -0.491 e. The van der Waals surface area contributed by atoms with Crippen molar-refractivity contribution in [3.05, 3.63) is 87.5 Å². The number of rotatable bonds is 17. The smallest absolute Gasteiger partial charge is 0.123 e. The van der Waals surface area contributed by atoms with Gasteiger partial charge in [-0.15, -0.1) is 0 Å². The molecule has 3 heterocycles. The summed E-state index contributed by atoms with van der Waals surface area (Å²) in [7, 11) is 0. The third kappa shape index (κ3) is 14.7. The maximum atomic E-state index is 6.42. The fourth-order valence-electron chi connectivity index (χ4n) is 18.9. The standard InChI is InChI=1S/C28H42O2.C27H40O2.C18H28O2.CH4/c1-17-10-26(30-15-19-14-29-19)24(13-25(17)28(5,6)16-27(2,3)4)23-12-18-11-22(23)21-9-7-8-20(18)21;1-26(2,3)16-27(4,5)18-9-10-25(29-15-19-14-28-19)24(13-18)23-12-17-11-22(23)21-8-6-7-20(17)21;1-13-9-14(19-10-15-11-20-15)7-8-16(13)18(5,6)12-17(2,3)4;/h10,13,18-23H,7-9,11-12,14-16H2,1-6H3;9-10,13,17,19-23H,6-8,11-12,14-16H2,1-5H3;7-9,15H,10-12H2,1-6H3;1H4. The SMILES string of the molecule is C.CC(C)(C)CC(C)(C)c1ccc(OCC2CO2)c(C2CC3CC2C2CCCC32)c1.Cc1cc(OCC2CO2)c(C2CC3CC2C2CCCC32)cc1C(C)(C)CC(C)(C)C.Cc1cc(OCC2CO2)ccc1C(C)(C)CC(C)(C)C. The minimum absolute atomic E-state index is 0. The number of ether oxygens (including phenoxy) is 6. The van der Waals surface area contributed by atoms with Gasteiger partial charge in [-0.05, 0) is 239 Å². The van der Waals surface area contributed by atoms with Gasteiger partial charge in [-0.3, -0.25) is 0 Å². The van der Waals surface area contributed by atoms with Crippen LogP contribution in [0.15, 0.2) is 48.5 Å². The third-order valence-corrected chi connectivity index (χ3v) is 20.9. The molecule has 0 aromatic heterocycles. The molecule has 4 bridgehead atoms. The molecule has 13 atom stereocenters. The first kappa shape index (κ1) is 61.5. The number of fused-ring (bicyclic) bond motifs is 10. The van der Waals surface area contributed by atoms with Crippen LogP contribution in [0.3, 0.4) is 0 Å². The zero-order valence-electron chi connectivity index (χ0n) is 53.0. The lowest BCUT2D eigenvalue weighted by Crippen LogP contribution is -2.27. The second-order valence-corrected chi connectivity index (χ2v) is 33.1. The number of aryl methyl sites for hydroxylation is 2. The Morgan fingerprint density at radius 3 is 1.32 bits per heavy atom. The van der Waals surface area contributed by atoms with Gasteiger partial charge in [0.05, 0.1) is 19.8 Å². The van der Waals surface area contributed by atoms with E-state index in [4.69, 9.17) is 28.4 Å². The van der Waals surface area contributed by atoms with Gasteiger partial charge in [0.25, 0.3) is 0 Å². The Morgan fingerprint density at radius 2 is 0.850 bits per heavy atom. The Balaban J connectivity index is 0.000000148. The van der Waals surface area contributed by atoms with Crippen molar-refractivity contribution in [3.8, 4) is 17.2 Å². The van der Waals surface area contributed by atoms with Crippen molar-refractivity contribution in [1.82, 2.24) is 0 Å². The molecule has 9 aliphatic rings. The molecule has 6 heteroatoms. The Kier molecular flexibility index (Phi) is 18.0. The molecule has 446 valence electrons. The molecular weight excluding hydrogens is 985 g/mol. The van der Waals surface area contributed by atoms with Crippen molar-refractivity contribution in [2.45, 2.75) is 255 Å². The Bertz CT molecular complexity index is 2570. The number of benzene rings is 3. The summed E-state index contributed by atoms with van der Waals surface area (Å²) in [4.78, 5) is 0. The predicted molar refractivity (Wildman–Crippen MR) is 332 cm³/mol. The zero-order valence-corrected chi connectivity index (χ0v) is 53.0. The molecule has 6 saturated carbocycles. The van der Waals surface area contributed by atoms with Crippen molar-refractivity contribution < 1.29 is 28.4 Å². The minimum atomic E-state index is 0. The van der Waals surface area contributed by atoms with Gasteiger partial charge in [-0.2, -0.15) is 0 Å². The van der Waals surface area contributed by atoms with Crippen LogP contribution in [-0.2, 0) is 30.5 Å². The van der Waals surface area contributed by atoms with Gasteiger partial charge in [0.15, 0.2) is 0 Å². The molecule has 3 aromatic rings. The van der Waals surface area contributed by atoms with Crippen molar-refractivity contribution in [2.75, 3.05) is 39.6 Å². The van der Waals surface area contributed by atoms with Gasteiger partial charge in [-0.1, -0.05) is 148 Å². The summed E-state index contributed by atoms with van der Waals surface area (Å²) in [5, 5.41) is 0. The average Bonchev–Trinajstić information content (AvgIpc) is 4.45. The number of epoxide rings is 3. The Morgan fingerprint density at radius 1 is 0.425 bits per heavy atom. The number of hydrogen-bond donors (Lipinski definition) is 0. The summed E-state index contributed by atoms with van der Waals surface area (Å²) in [5.74, 6) is 12.5. The van der Waals surface area contributed by atoms with E-state index in [0.717, 1.165) is 90.8 Å². The first-order chi connectivity index (χ1) is 37.0. The van der Waals surface area contributed by atoms with Gasteiger partial charge in [0, 0.05) is 0 Å². The van der Waals surface area contributed by atoms with Crippen LogP contribution < -0.4 is 14.2 Å². The van der Waals surface area contributed by atoms with E-state index in [1.165, 1.54) is 116 Å². The third-order valence-electron chi connectivity index (χ3n) is 20.9. The highest BCUT2D eigenvalue weighted by atomic mass is 16.6. The highest BCUT2D eigenvalue weighted by Gasteiger charge is 2.56. The van der Waals surface area contributed by atoms with Crippen LogP contribution in [0.25, 0.3) is 0 Å². The molecular formula is C74H114O6. The largest absolute Gasteiger partial charge is 0.491 e. The number of hydrogen-bond acceptors (Lipinski definition) is 6. The lowest BCUT2D eigenvalue weighted by molar-refractivity contribution is 0.222. The molecule has 0 radical (unpaired) electrons. The van der Waals surface area contributed by atoms with E-state index < -0.39 is 0 Å². The van der Waals surface area contributed by atoms with Crippen LogP contribution in [0.2, 0.25) is 0 Å². The molecule has 80 heavy (non-hydrogen) atoms. The van der Waals surface area contributed by atoms with Gasteiger partial charge >= 0.3 is 0 Å². The van der Waals surface area contributed by atoms with E-state index >= 15 is 0 Å². The molecule has 9 fully saturated rings. The molecule has 12 rings (SSSR count). The van der Waals surface area contributed by atoms with Crippen molar-refractivity contribution >= 4 is 0 Å². The highest BCUT2D eigenvalue weighted by molar-refractivity contribution is 5.49. The van der Waals surface area contributed by atoms with Crippen molar-refractivity contribution in [3.63, 3.8) is 0 Å². The first-order valence-electron chi connectivity index (χ1n) is 32.1.